The van der Waals surface area contributed by atoms with Crippen LogP contribution >= 0.6 is 11.3 Å². The molecule has 0 spiro atoms. The van der Waals surface area contributed by atoms with Crippen molar-refractivity contribution in [2.24, 2.45) is 0 Å². The van der Waals surface area contributed by atoms with Crippen LogP contribution in [-0.2, 0) is 16.2 Å². The van der Waals surface area contributed by atoms with Crippen molar-refractivity contribution in [2.45, 2.75) is 64.7 Å². The first kappa shape index (κ1) is 35.2. The molecule has 8 aromatic carbocycles. The predicted octanol–water partition coefficient (Wildman–Crippen LogP) is 16.3. The van der Waals surface area contributed by atoms with E-state index in [1.54, 1.807) is 0 Å². The lowest BCUT2D eigenvalue weighted by Crippen LogP contribution is -2.18. The Morgan fingerprint density at radius 2 is 1.09 bits per heavy atom. The summed E-state index contributed by atoms with van der Waals surface area (Å²) in [5.74, 6) is 0. The predicted molar refractivity (Wildman–Crippen MR) is 251 cm³/mol. The molecule has 0 atom stereocenters. The summed E-state index contributed by atoms with van der Waals surface area (Å²) in [5, 5.41) is 5.13. The highest BCUT2D eigenvalue weighted by Gasteiger charge is 2.40. The van der Waals surface area contributed by atoms with Crippen molar-refractivity contribution in [3.8, 4) is 33.4 Å². The summed E-state index contributed by atoms with van der Waals surface area (Å²) in [4.78, 5) is 2.56. The number of hydrogen-bond acceptors (Lipinski definition) is 2. The molecule has 1 nitrogen and oxygen atoms in total. The van der Waals surface area contributed by atoms with E-state index in [1.807, 2.05) is 11.3 Å². The molecular formula is C56H47NS. The third-order valence-corrected chi connectivity index (χ3v) is 14.6. The van der Waals surface area contributed by atoms with Gasteiger partial charge in [-0.2, -0.15) is 0 Å². The molecule has 0 unspecified atom stereocenters. The molecule has 0 fully saturated rings. The number of hydrogen-bond donors (Lipinski definition) is 0. The lowest BCUT2D eigenvalue weighted by molar-refractivity contribution is 0.589. The largest absolute Gasteiger partial charge is 0.310 e. The maximum atomic E-state index is 2.56. The lowest BCUT2D eigenvalue weighted by atomic mass is 9.79. The van der Waals surface area contributed by atoms with Crippen LogP contribution in [-0.4, -0.2) is 0 Å². The van der Waals surface area contributed by atoms with Crippen LogP contribution in [0.25, 0.3) is 64.3 Å². The van der Waals surface area contributed by atoms with Gasteiger partial charge >= 0.3 is 0 Å². The van der Waals surface area contributed by atoms with E-state index in [0.717, 1.165) is 5.69 Å². The van der Waals surface area contributed by atoms with Gasteiger partial charge in [0.15, 0.2) is 0 Å². The van der Waals surface area contributed by atoms with Gasteiger partial charge in [-0.15, -0.1) is 11.3 Å². The molecule has 2 aliphatic carbocycles. The van der Waals surface area contributed by atoms with Crippen molar-refractivity contribution >= 4 is 59.3 Å². The summed E-state index contributed by atoms with van der Waals surface area (Å²) in [6.45, 7) is 16.6. The molecule has 2 aliphatic rings. The molecule has 0 amide bonds. The topological polar surface area (TPSA) is 3.24 Å². The Labute approximate surface area is 346 Å². The van der Waals surface area contributed by atoms with E-state index in [1.165, 1.54) is 104 Å². The quantitative estimate of drug-likeness (QED) is 0.172. The van der Waals surface area contributed by atoms with E-state index in [4.69, 9.17) is 0 Å². The minimum absolute atomic E-state index is 0.0236. The van der Waals surface area contributed by atoms with Crippen LogP contribution < -0.4 is 4.90 Å². The first-order valence-corrected chi connectivity index (χ1v) is 21.5. The number of benzene rings is 8. The summed E-state index contributed by atoms with van der Waals surface area (Å²) in [6.07, 6.45) is 0. The van der Waals surface area contributed by atoms with Crippen LogP contribution in [0.5, 0.6) is 0 Å². The van der Waals surface area contributed by atoms with Gasteiger partial charge in [0.1, 0.15) is 0 Å². The molecule has 0 radical (unpaired) electrons. The third kappa shape index (κ3) is 4.94. The molecule has 58 heavy (non-hydrogen) atoms. The van der Waals surface area contributed by atoms with Crippen LogP contribution in [0.4, 0.5) is 17.1 Å². The molecule has 0 bridgehead atoms. The van der Waals surface area contributed by atoms with Crippen LogP contribution in [0.2, 0.25) is 0 Å². The molecule has 0 saturated carbocycles. The number of thiophene rings is 1. The van der Waals surface area contributed by atoms with Gasteiger partial charge in [-0.05, 0) is 103 Å². The molecule has 1 heterocycles. The Kier molecular flexibility index (Phi) is 7.45. The highest BCUT2D eigenvalue weighted by atomic mass is 32.1. The molecule has 0 aliphatic heterocycles. The Morgan fingerprint density at radius 3 is 1.93 bits per heavy atom. The maximum absolute atomic E-state index is 2.56. The summed E-state index contributed by atoms with van der Waals surface area (Å²) < 4.78 is 2.64. The monoisotopic (exact) mass is 765 g/mol. The minimum Gasteiger partial charge on any atom is -0.310 e. The summed E-state index contributed by atoms with van der Waals surface area (Å²) in [6, 6.07) is 59.9. The Balaban J connectivity index is 1.22. The zero-order chi connectivity index (χ0) is 39.7. The normalized spacial score (nSPS) is 14.7. The molecular weight excluding hydrogens is 719 g/mol. The van der Waals surface area contributed by atoms with Crippen molar-refractivity contribution < 1.29 is 0 Å². The molecule has 1 aromatic heterocycles. The average Bonchev–Trinajstić information content (AvgIpc) is 3.80. The smallest absolute Gasteiger partial charge is 0.0547 e. The Morgan fingerprint density at radius 1 is 0.448 bits per heavy atom. The highest BCUT2D eigenvalue weighted by Crippen LogP contribution is 2.56. The van der Waals surface area contributed by atoms with Crippen molar-refractivity contribution in [2.75, 3.05) is 4.90 Å². The molecule has 2 heteroatoms. The molecule has 9 aromatic rings. The van der Waals surface area contributed by atoms with E-state index < -0.39 is 0 Å². The Bertz CT molecular complexity index is 3170. The standard InChI is InChI=1S/C56H47NS/c1-54(2,3)46-23-15-24-47-52(46)41-29-27-36(33-48(41)56(47,6)7)57(35-28-30-45-43(32-35)38-18-10-12-22-44(38)55(45,4)5)49-31-26-34-16-8-9-17-37(34)51(49)42-21-14-20-40-39-19-11-13-25-50(39)58-53(40)42/h8-33H,1-7H3. The first-order valence-electron chi connectivity index (χ1n) is 20.7. The van der Waals surface area contributed by atoms with Crippen LogP contribution in [0.3, 0.4) is 0 Å². The van der Waals surface area contributed by atoms with Gasteiger partial charge in [-0.25, -0.2) is 0 Å². The van der Waals surface area contributed by atoms with Gasteiger partial charge in [0.05, 0.1) is 5.69 Å². The fourth-order valence-corrected chi connectivity index (χ4v) is 11.7. The van der Waals surface area contributed by atoms with Crippen molar-refractivity contribution in [1.82, 2.24) is 0 Å². The summed E-state index contributed by atoms with van der Waals surface area (Å²) in [7, 11) is 0. The van der Waals surface area contributed by atoms with Crippen LogP contribution in [0.15, 0.2) is 158 Å². The fraction of sp³-hybridized carbons (Fsp3) is 0.179. The van der Waals surface area contributed by atoms with E-state index >= 15 is 0 Å². The Hall–Kier alpha value is -5.96. The molecule has 0 N–H and O–H groups in total. The van der Waals surface area contributed by atoms with Crippen molar-refractivity contribution in [1.29, 1.82) is 0 Å². The SMILES string of the molecule is CC(C)(C)c1cccc2c1-c1ccc(N(c3ccc4c(c3)-c3ccccc3C4(C)C)c3ccc4ccccc4c3-c3cccc4c3sc3ccccc34)cc1C2(C)C. The number of rotatable bonds is 4. The van der Waals surface area contributed by atoms with Gasteiger partial charge in [0.25, 0.3) is 0 Å². The second-order valence-corrected chi connectivity index (χ2v) is 19.6. The van der Waals surface area contributed by atoms with E-state index in [-0.39, 0.29) is 16.2 Å². The van der Waals surface area contributed by atoms with Gasteiger partial charge in [-0.1, -0.05) is 170 Å². The molecule has 11 rings (SSSR count). The zero-order valence-corrected chi connectivity index (χ0v) is 35.2. The summed E-state index contributed by atoms with van der Waals surface area (Å²) in [5.41, 5.74) is 18.2. The van der Waals surface area contributed by atoms with Gasteiger partial charge in [0.2, 0.25) is 0 Å². The van der Waals surface area contributed by atoms with Crippen molar-refractivity contribution in [3.63, 3.8) is 0 Å². The van der Waals surface area contributed by atoms with E-state index in [9.17, 15) is 0 Å². The summed E-state index contributed by atoms with van der Waals surface area (Å²) >= 11 is 1.91. The second-order valence-electron chi connectivity index (χ2n) is 18.5. The molecule has 0 saturated heterocycles. The molecule has 282 valence electrons. The van der Waals surface area contributed by atoms with Gasteiger partial charge in [-0.3, -0.25) is 0 Å². The number of anilines is 3. The highest BCUT2D eigenvalue weighted by molar-refractivity contribution is 7.26. The minimum atomic E-state index is -0.163. The fourth-order valence-electron chi connectivity index (χ4n) is 10.5. The second kappa shape index (κ2) is 12.3. The van der Waals surface area contributed by atoms with Crippen LogP contribution in [0, 0.1) is 0 Å². The first-order chi connectivity index (χ1) is 27.9. The van der Waals surface area contributed by atoms with E-state index in [0.29, 0.717) is 0 Å². The average molecular weight is 766 g/mol. The van der Waals surface area contributed by atoms with Crippen molar-refractivity contribution in [3.05, 3.63) is 186 Å². The van der Waals surface area contributed by atoms with Crippen LogP contribution in [0.1, 0.15) is 76.3 Å². The maximum Gasteiger partial charge on any atom is 0.0547 e. The third-order valence-electron chi connectivity index (χ3n) is 13.4. The number of nitrogens with zero attached hydrogens (tertiary/aromatic N) is 1. The zero-order valence-electron chi connectivity index (χ0n) is 34.4. The van der Waals surface area contributed by atoms with Gasteiger partial charge in [0, 0.05) is 53.5 Å². The van der Waals surface area contributed by atoms with Gasteiger partial charge < -0.3 is 4.90 Å². The number of fused-ring (bicyclic) bond motifs is 10. The van der Waals surface area contributed by atoms with E-state index in [2.05, 4.69) is 211 Å². The lowest BCUT2D eigenvalue weighted by Gasteiger charge is -2.31.